The second-order valence-electron chi connectivity index (χ2n) is 6.01. The van der Waals surface area contributed by atoms with Crippen molar-refractivity contribution < 1.29 is 4.79 Å². The van der Waals surface area contributed by atoms with Crippen LogP contribution in [0.15, 0.2) is 78.9 Å². The molecule has 1 heterocycles. The maximum absolute atomic E-state index is 13.0. The molecule has 0 fully saturated rings. The van der Waals surface area contributed by atoms with Crippen molar-refractivity contribution in [2.75, 3.05) is 0 Å². The number of nitrogens with zero attached hydrogens (tertiary/aromatic N) is 1. The monoisotopic (exact) mass is 345 g/mol. The van der Waals surface area contributed by atoms with Crippen LogP contribution in [-0.2, 0) is 6.54 Å². The minimum absolute atomic E-state index is 0.0106. The van der Waals surface area contributed by atoms with Crippen molar-refractivity contribution in [1.82, 2.24) is 4.90 Å². The van der Waals surface area contributed by atoms with Crippen molar-refractivity contribution in [3.63, 3.8) is 0 Å². The van der Waals surface area contributed by atoms with Gasteiger partial charge in [-0.3, -0.25) is 4.79 Å². The molecule has 1 amide bonds. The number of hydrogen-bond acceptors (Lipinski definition) is 1. The van der Waals surface area contributed by atoms with Crippen LogP contribution in [0.1, 0.15) is 27.0 Å². The summed E-state index contributed by atoms with van der Waals surface area (Å²) in [5, 5.41) is 0.577. The van der Waals surface area contributed by atoms with Crippen LogP contribution in [0, 0.1) is 0 Å². The predicted octanol–water partition coefficient (Wildman–Crippen LogP) is 5.49. The fourth-order valence-corrected chi connectivity index (χ4v) is 3.27. The zero-order chi connectivity index (χ0) is 17.2. The summed E-state index contributed by atoms with van der Waals surface area (Å²) in [4.78, 5) is 14.8. The lowest BCUT2D eigenvalue weighted by Gasteiger charge is -2.19. The highest BCUT2D eigenvalue weighted by Crippen LogP contribution is 2.36. The highest BCUT2D eigenvalue weighted by Gasteiger charge is 2.32. The van der Waals surface area contributed by atoms with Crippen LogP contribution in [-0.4, -0.2) is 10.8 Å². The summed E-state index contributed by atoms with van der Waals surface area (Å²) in [6.45, 7) is 0.532. The van der Waals surface area contributed by atoms with Crippen LogP contribution >= 0.6 is 11.6 Å². The van der Waals surface area contributed by atoms with Crippen LogP contribution in [0.25, 0.3) is 11.8 Å². The van der Waals surface area contributed by atoms with Gasteiger partial charge in [0.2, 0.25) is 0 Å². The molecule has 0 radical (unpaired) electrons. The predicted molar refractivity (Wildman–Crippen MR) is 102 cm³/mol. The molecule has 0 N–H and O–H groups in total. The topological polar surface area (TPSA) is 20.3 Å². The van der Waals surface area contributed by atoms with E-state index in [1.165, 1.54) is 0 Å². The highest BCUT2D eigenvalue weighted by molar-refractivity contribution is 6.31. The molecule has 3 heteroatoms. The maximum atomic E-state index is 13.0. The van der Waals surface area contributed by atoms with E-state index in [1.807, 2.05) is 77.7 Å². The van der Waals surface area contributed by atoms with Gasteiger partial charge in [-0.1, -0.05) is 78.3 Å². The van der Waals surface area contributed by atoms with Gasteiger partial charge >= 0.3 is 0 Å². The molecule has 0 bridgehead atoms. The zero-order valence-electron chi connectivity index (χ0n) is 13.5. The number of amides is 1. The van der Waals surface area contributed by atoms with E-state index in [2.05, 4.69) is 6.08 Å². The summed E-state index contributed by atoms with van der Waals surface area (Å²) in [5.74, 6) is -0.0106. The van der Waals surface area contributed by atoms with Crippen LogP contribution in [0.4, 0.5) is 0 Å². The normalized spacial score (nSPS) is 14.8. The number of halogens is 1. The maximum Gasteiger partial charge on any atom is 0.259 e. The third-order valence-electron chi connectivity index (χ3n) is 4.31. The Morgan fingerprint density at radius 1 is 0.840 bits per heavy atom. The van der Waals surface area contributed by atoms with Crippen molar-refractivity contribution in [2.24, 2.45) is 0 Å². The van der Waals surface area contributed by atoms with Crippen LogP contribution in [0.5, 0.6) is 0 Å². The van der Waals surface area contributed by atoms with Crippen LogP contribution in [0.2, 0.25) is 5.02 Å². The Kier molecular flexibility index (Phi) is 4.12. The molecule has 0 saturated heterocycles. The molecule has 2 nitrogen and oxygen atoms in total. The van der Waals surface area contributed by atoms with E-state index in [4.69, 9.17) is 11.6 Å². The van der Waals surface area contributed by atoms with Gasteiger partial charge in [-0.15, -0.1) is 0 Å². The second-order valence-corrected chi connectivity index (χ2v) is 6.44. The summed E-state index contributed by atoms with van der Waals surface area (Å²) in [6, 6.07) is 25.6. The van der Waals surface area contributed by atoms with Crippen LogP contribution < -0.4 is 0 Å². The third-order valence-corrected chi connectivity index (χ3v) is 4.55. The summed E-state index contributed by atoms with van der Waals surface area (Å²) >= 11 is 6.11. The summed E-state index contributed by atoms with van der Waals surface area (Å²) in [7, 11) is 0. The van der Waals surface area contributed by atoms with Crippen molar-refractivity contribution >= 4 is 29.3 Å². The van der Waals surface area contributed by atoms with E-state index in [9.17, 15) is 4.79 Å². The Morgan fingerprint density at radius 3 is 2.24 bits per heavy atom. The second kappa shape index (κ2) is 6.58. The summed E-state index contributed by atoms with van der Waals surface area (Å²) in [5.41, 5.74) is 4.64. The lowest BCUT2D eigenvalue weighted by atomic mass is 10.1. The van der Waals surface area contributed by atoms with Gasteiger partial charge < -0.3 is 4.90 Å². The smallest absolute Gasteiger partial charge is 0.259 e. The molecule has 0 saturated carbocycles. The molecule has 0 aromatic heterocycles. The minimum atomic E-state index is -0.0106. The van der Waals surface area contributed by atoms with E-state index >= 15 is 0 Å². The quantitative estimate of drug-likeness (QED) is 0.614. The van der Waals surface area contributed by atoms with E-state index < -0.39 is 0 Å². The molecular weight excluding hydrogens is 330 g/mol. The van der Waals surface area contributed by atoms with Gasteiger partial charge in [0.1, 0.15) is 0 Å². The van der Waals surface area contributed by atoms with Crippen LogP contribution in [0.3, 0.4) is 0 Å². The van der Waals surface area contributed by atoms with Gasteiger partial charge in [-0.25, -0.2) is 0 Å². The van der Waals surface area contributed by atoms with Gasteiger partial charge in [-0.05, 0) is 29.3 Å². The molecule has 122 valence electrons. The van der Waals surface area contributed by atoms with Gasteiger partial charge in [0.05, 0.1) is 17.8 Å². The molecule has 0 aliphatic carbocycles. The van der Waals surface area contributed by atoms with E-state index in [0.29, 0.717) is 17.1 Å². The molecule has 3 aromatic rings. The number of benzene rings is 3. The van der Waals surface area contributed by atoms with E-state index in [1.54, 1.807) is 6.07 Å². The molecule has 1 aliphatic heterocycles. The van der Waals surface area contributed by atoms with Gasteiger partial charge in [0.25, 0.3) is 5.91 Å². The largest absolute Gasteiger partial charge is 0.303 e. The summed E-state index contributed by atoms with van der Waals surface area (Å²) < 4.78 is 0. The molecule has 0 unspecified atom stereocenters. The lowest BCUT2D eigenvalue weighted by molar-refractivity contribution is 0.0843. The Bertz CT molecular complexity index is 948. The first-order valence-electron chi connectivity index (χ1n) is 8.15. The number of hydrogen-bond donors (Lipinski definition) is 0. The van der Waals surface area contributed by atoms with Gasteiger partial charge in [0.15, 0.2) is 0 Å². The van der Waals surface area contributed by atoms with E-state index in [0.717, 1.165) is 22.4 Å². The van der Waals surface area contributed by atoms with Gasteiger partial charge in [0, 0.05) is 10.6 Å². The molecule has 0 atom stereocenters. The van der Waals surface area contributed by atoms with Crippen molar-refractivity contribution in [3.8, 4) is 0 Å². The average molecular weight is 346 g/mol. The average Bonchev–Trinajstić information content (AvgIpc) is 2.89. The molecule has 4 rings (SSSR count). The fourth-order valence-electron chi connectivity index (χ4n) is 3.10. The fraction of sp³-hybridized carbons (Fsp3) is 0.0455. The molecular formula is C22H16ClNO. The third kappa shape index (κ3) is 3.09. The molecule has 1 aliphatic rings. The first kappa shape index (κ1) is 15.7. The number of carbonyl (C=O) groups excluding carboxylic acids is 1. The lowest BCUT2D eigenvalue weighted by Crippen LogP contribution is -2.22. The van der Waals surface area contributed by atoms with Crippen molar-refractivity contribution in [1.29, 1.82) is 0 Å². The Balaban J connectivity index is 1.81. The first-order chi connectivity index (χ1) is 12.2. The SMILES string of the molecule is O=C1c2cc(Cl)ccc2/C(=C/c2ccccc2)N1Cc1ccccc1. The number of fused-ring (bicyclic) bond motifs is 1. The Hall–Kier alpha value is -2.84. The van der Waals surface area contributed by atoms with Crippen molar-refractivity contribution in [3.05, 3.63) is 106 Å². The number of carbonyl (C=O) groups is 1. The van der Waals surface area contributed by atoms with E-state index in [-0.39, 0.29) is 5.91 Å². The molecule has 3 aromatic carbocycles. The first-order valence-corrected chi connectivity index (χ1v) is 8.52. The standard InChI is InChI=1S/C22H16ClNO/c23-18-11-12-19-20(14-18)22(25)24(15-17-9-5-2-6-10-17)21(19)13-16-7-3-1-4-8-16/h1-14H,15H2/b21-13-. The van der Waals surface area contributed by atoms with Gasteiger partial charge in [-0.2, -0.15) is 0 Å². The Morgan fingerprint density at radius 2 is 1.52 bits per heavy atom. The van der Waals surface area contributed by atoms with Crippen molar-refractivity contribution in [2.45, 2.75) is 6.54 Å². The molecule has 0 spiro atoms. The molecule has 25 heavy (non-hydrogen) atoms. The zero-order valence-corrected chi connectivity index (χ0v) is 14.3. The summed E-state index contributed by atoms with van der Waals surface area (Å²) in [6.07, 6.45) is 2.06. The Labute approximate surface area is 152 Å². The number of rotatable bonds is 3. The minimum Gasteiger partial charge on any atom is -0.303 e. The highest BCUT2D eigenvalue weighted by atomic mass is 35.5.